The third kappa shape index (κ3) is 3.59. The van der Waals surface area contributed by atoms with E-state index in [9.17, 15) is 19.7 Å². The molecule has 0 spiro atoms. The molecule has 0 aliphatic heterocycles. The highest BCUT2D eigenvalue weighted by Crippen LogP contribution is 2.37. The van der Waals surface area contributed by atoms with E-state index in [1.165, 1.54) is 12.3 Å². The summed E-state index contributed by atoms with van der Waals surface area (Å²) in [5, 5.41) is 22.2. The molecule has 1 saturated carbocycles. The van der Waals surface area contributed by atoms with Crippen molar-refractivity contribution in [3.63, 3.8) is 0 Å². The standard InChI is InChI=1S/C13H17N3O5/c1-2-8(5-12(17)18)14-13(19)11-6-10(16(20)21)7-15(11)9-3-4-9/h6-9H,2-5H2,1H3,(H,14,19)(H,17,18). The van der Waals surface area contributed by atoms with E-state index in [1.54, 1.807) is 11.5 Å². The minimum Gasteiger partial charge on any atom is -0.481 e. The van der Waals surface area contributed by atoms with Crippen LogP contribution >= 0.6 is 0 Å². The van der Waals surface area contributed by atoms with Crippen molar-refractivity contribution in [2.75, 3.05) is 0 Å². The van der Waals surface area contributed by atoms with Crippen molar-refractivity contribution in [1.29, 1.82) is 0 Å². The molecular formula is C13H17N3O5. The zero-order valence-electron chi connectivity index (χ0n) is 11.6. The van der Waals surface area contributed by atoms with Crippen LogP contribution in [-0.2, 0) is 4.79 Å². The maximum Gasteiger partial charge on any atom is 0.305 e. The second-order valence-electron chi connectivity index (χ2n) is 5.16. The van der Waals surface area contributed by atoms with Crippen molar-refractivity contribution in [2.45, 2.75) is 44.7 Å². The van der Waals surface area contributed by atoms with E-state index in [4.69, 9.17) is 5.11 Å². The first-order valence-corrected chi connectivity index (χ1v) is 6.81. The van der Waals surface area contributed by atoms with Crippen LogP contribution in [0.15, 0.2) is 12.3 Å². The summed E-state index contributed by atoms with van der Waals surface area (Å²) in [6, 6.07) is 0.872. The quantitative estimate of drug-likeness (QED) is 0.587. The molecule has 0 aromatic carbocycles. The predicted molar refractivity (Wildman–Crippen MR) is 73.2 cm³/mol. The summed E-state index contributed by atoms with van der Waals surface area (Å²) in [5.41, 5.74) is 0.0892. The first kappa shape index (κ1) is 15.0. The van der Waals surface area contributed by atoms with Gasteiger partial charge in [-0.25, -0.2) is 0 Å². The van der Waals surface area contributed by atoms with Crippen LogP contribution in [-0.4, -0.2) is 32.5 Å². The van der Waals surface area contributed by atoms with Gasteiger partial charge in [0.1, 0.15) is 5.69 Å². The molecule has 2 rings (SSSR count). The monoisotopic (exact) mass is 295 g/mol. The van der Waals surface area contributed by atoms with E-state index in [2.05, 4.69) is 5.32 Å². The number of carboxylic acid groups (broad SMARTS) is 1. The molecule has 1 aliphatic rings. The Labute approximate surface area is 120 Å². The lowest BCUT2D eigenvalue weighted by atomic mass is 10.1. The second-order valence-corrected chi connectivity index (χ2v) is 5.16. The van der Waals surface area contributed by atoms with E-state index >= 15 is 0 Å². The van der Waals surface area contributed by atoms with Crippen LogP contribution in [0.3, 0.4) is 0 Å². The van der Waals surface area contributed by atoms with Crippen LogP contribution < -0.4 is 5.32 Å². The molecule has 8 nitrogen and oxygen atoms in total. The Balaban J connectivity index is 2.17. The summed E-state index contributed by atoms with van der Waals surface area (Å²) in [6.07, 6.45) is 3.44. The van der Waals surface area contributed by atoms with Gasteiger partial charge >= 0.3 is 5.97 Å². The summed E-state index contributed by atoms with van der Waals surface area (Å²) in [5.74, 6) is -1.46. The zero-order chi connectivity index (χ0) is 15.6. The second kappa shape index (κ2) is 5.94. The molecule has 1 aromatic heterocycles. The summed E-state index contributed by atoms with van der Waals surface area (Å²) in [6.45, 7) is 1.77. The molecule has 8 heteroatoms. The molecule has 1 amide bonds. The minimum atomic E-state index is -0.995. The fourth-order valence-corrected chi connectivity index (χ4v) is 2.17. The van der Waals surface area contributed by atoms with Crippen LogP contribution in [0.1, 0.15) is 49.1 Å². The number of carbonyl (C=O) groups is 2. The van der Waals surface area contributed by atoms with Crippen molar-refractivity contribution < 1.29 is 19.6 Å². The average Bonchev–Trinajstić information content (AvgIpc) is 3.15. The van der Waals surface area contributed by atoms with E-state index in [0.717, 1.165) is 12.8 Å². The molecule has 114 valence electrons. The van der Waals surface area contributed by atoms with Gasteiger partial charge in [0.15, 0.2) is 0 Å². The number of nitro groups is 1. The highest BCUT2D eigenvalue weighted by molar-refractivity contribution is 5.94. The van der Waals surface area contributed by atoms with Gasteiger partial charge in [-0.05, 0) is 19.3 Å². The number of carbonyl (C=O) groups excluding carboxylic acids is 1. The Morgan fingerprint density at radius 1 is 1.57 bits per heavy atom. The summed E-state index contributed by atoms with van der Waals surface area (Å²) >= 11 is 0. The normalized spacial score (nSPS) is 15.5. The first-order valence-electron chi connectivity index (χ1n) is 6.81. The fourth-order valence-electron chi connectivity index (χ4n) is 2.17. The highest BCUT2D eigenvalue weighted by Gasteiger charge is 2.31. The minimum absolute atomic E-state index is 0.124. The Hall–Kier alpha value is -2.38. The van der Waals surface area contributed by atoms with Gasteiger partial charge in [-0.2, -0.15) is 0 Å². The number of hydrogen-bond acceptors (Lipinski definition) is 4. The average molecular weight is 295 g/mol. The Morgan fingerprint density at radius 2 is 2.24 bits per heavy atom. The molecule has 2 N–H and O–H groups in total. The van der Waals surface area contributed by atoms with Gasteiger partial charge in [0.25, 0.3) is 11.6 Å². The maximum absolute atomic E-state index is 12.2. The zero-order valence-corrected chi connectivity index (χ0v) is 11.6. The Morgan fingerprint density at radius 3 is 2.71 bits per heavy atom. The molecule has 1 unspecified atom stereocenters. The molecule has 1 atom stereocenters. The Kier molecular flexibility index (Phi) is 4.25. The van der Waals surface area contributed by atoms with Crippen LogP contribution in [0.2, 0.25) is 0 Å². The van der Waals surface area contributed by atoms with Gasteiger partial charge in [0.05, 0.1) is 17.5 Å². The van der Waals surface area contributed by atoms with Gasteiger partial charge in [0, 0.05) is 18.2 Å². The lowest BCUT2D eigenvalue weighted by Gasteiger charge is -2.15. The van der Waals surface area contributed by atoms with Crippen LogP contribution in [0.25, 0.3) is 0 Å². The van der Waals surface area contributed by atoms with Gasteiger partial charge in [-0.3, -0.25) is 19.7 Å². The first-order chi connectivity index (χ1) is 9.92. The van der Waals surface area contributed by atoms with Crippen LogP contribution in [0.4, 0.5) is 5.69 Å². The highest BCUT2D eigenvalue weighted by atomic mass is 16.6. The van der Waals surface area contributed by atoms with E-state index < -0.39 is 22.8 Å². The predicted octanol–water partition coefficient (Wildman–Crippen LogP) is 1.71. The third-order valence-electron chi connectivity index (χ3n) is 3.47. The number of nitrogens with one attached hydrogen (secondary N) is 1. The van der Waals surface area contributed by atoms with E-state index in [1.807, 2.05) is 0 Å². The maximum atomic E-state index is 12.2. The van der Waals surface area contributed by atoms with Crippen molar-refractivity contribution in [3.8, 4) is 0 Å². The molecule has 21 heavy (non-hydrogen) atoms. The molecule has 0 saturated heterocycles. The van der Waals surface area contributed by atoms with Crippen molar-refractivity contribution in [1.82, 2.24) is 9.88 Å². The van der Waals surface area contributed by atoms with Gasteiger partial charge in [-0.1, -0.05) is 6.92 Å². The molecule has 1 aliphatic carbocycles. The molecule has 1 aromatic rings. The molecule has 0 radical (unpaired) electrons. The Bertz CT molecular complexity index is 576. The largest absolute Gasteiger partial charge is 0.481 e. The van der Waals surface area contributed by atoms with Crippen LogP contribution in [0.5, 0.6) is 0 Å². The van der Waals surface area contributed by atoms with Crippen molar-refractivity contribution in [3.05, 3.63) is 28.1 Å². The fraction of sp³-hybridized carbons (Fsp3) is 0.538. The number of aromatic nitrogens is 1. The lowest BCUT2D eigenvalue weighted by Crippen LogP contribution is -2.37. The number of aliphatic carboxylic acids is 1. The molecule has 0 bridgehead atoms. The van der Waals surface area contributed by atoms with Gasteiger partial charge < -0.3 is 15.0 Å². The number of nitrogens with zero attached hydrogens (tertiary/aromatic N) is 2. The van der Waals surface area contributed by atoms with Crippen LogP contribution in [0, 0.1) is 10.1 Å². The number of hydrogen-bond donors (Lipinski definition) is 2. The van der Waals surface area contributed by atoms with Gasteiger partial charge in [0.2, 0.25) is 0 Å². The number of rotatable bonds is 7. The van der Waals surface area contributed by atoms with E-state index in [0.29, 0.717) is 6.42 Å². The summed E-state index contributed by atoms with van der Waals surface area (Å²) in [4.78, 5) is 33.3. The smallest absolute Gasteiger partial charge is 0.305 e. The molecule has 1 fully saturated rings. The SMILES string of the molecule is CCC(CC(=O)O)NC(=O)c1cc([N+](=O)[O-])cn1C1CC1. The van der Waals surface area contributed by atoms with Crippen molar-refractivity contribution >= 4 is 17.6 Å². The lowest BCUT2D eigenvalue weighted by molar-refractivity contribution is -0.384. The topological polar surface area (TPSA) is 114 Å². The molecular weight excluding hydrogens is 278 g/mol. The third-order valence-corrected chi connectivity index (χ3v) is 3.47. The summed E-state index contributed by atoms with van der Waals surface area (Å²) in [7, 11) is 0. The van der Waals surface area contributed by atoms with Crippen molar-refractivity contribution in [2.24, 2.45) is 0 Å². The molecule has 1 heterocycles. The van der Waals surface area contributed by atoms with Gasteiger partial charge in [-0.15, -0.1) is 0 Å². The number of carboxylic acids is 1. The number of amides is 1. The van der Waals surface area contributed by atoms with E-state index in [-0.39, 0.29) is 23.8 Å². The summed E-state index contributed by atoms with van der Waals surface area (Å²) < 4.78 is 1.61.